The molecule has 0 saturated heterocycles. The van der Waals surface area contributed by atoms with Crippen LogP contribution in [0.3, 0.4) is 0 Å². The molecule has 2 aromatic rings. The van der Waals surface area contributed by atoms with Crippen molar-refractivity contribution in [1.29, 1.82) is 0 Å². The maximum Gasteiger partial charge on any atom is 0.144 e. The van der Waals surface area contributed by atoms with Crippen molar-refractivity contribution in [3.05, 3.63) is 35.7 Å². The summed E-state index contributed by atoms with van der Waals surface area (Å²) in [5, 5.41) is 1.00. The van der Waals surface area contributed by atoms with Crippen molar-refractivity contribution < 1.29 is 0 Å². The summed E-state index contributed by atoms with van der Waals surface area (Å²) in [5.74, 6) is 0.849. The molecule has 0 radical (unpaired) electrons. The summed E-state index contributed by atoms with van der Waals surface area (Å²) < 4.78 is 4.15. The van der Waals surface area contributed by atoms with Gasteiger partial charge in [-0.15, -0.1) is 0 Å². The van der Waals surface area contributed by atoms with E-state index in [9.17, 15) is 0 Å². The molecule has 1 aromatic heterocycles. The number of aryl methyl sites for hydroxylation is 2. The fourth-order valence-corrected chi connectivity index (χ4v) is 1.86. The monoisotopic (exact) mass is 190 g/mol. The lowest BCUT2D eigenvalue weighted by Crippen LogP contribution is -1.78. The van der Waals surface area contributed by atoms with Gasteiger partial charge in [-0.25, -0.2) is 4.98 Å². The zero-order valence-corrected chi connectivity index (χ0v) is 8.43. The van der Waals surface area contributed by atoms with Gasteiger partial charge in [-0.2, -0.15) is 4.37 Å². The predicted octanol–water partition coefficient (Wildman–Crippen LogP) is 2.82. The third-order valence-corrected chi connectivity index (χ3v) is 2.65. The minimum absolute atomic E-state index is 0.849. The SMILES string of the molecule is Cc1cccc(-c2nc(C)ns2)c1. The molecule has 0 atom stereocenters. The van der Waals surface area contributed by atoms with Gasteiger partial charge in [0.15, 0.2) is 0 Å². The van der Waals surface area contributed by atoms with E-state index in [0.29, 0.717) is 0 Å². The molecule has 0 aliphatic heterocycles. The Morgan fingerprint density at radius 2 is 2.08 bits per heavy atom. The van der Waals surface area contributed by atoms with Crippen molar-refractivity contribution in [2.24, 2.45) is 0 Å². The summed E-state index contributed by atoms with van der Waals surface area (Å²) in [4.78, 5) is 4.33. The lowest BCUT2D eigenvalue weighted by Gasteiger charge is -1.95. The van der Waals surface area contributed by atoms with Crippen LogP contribution in [0.2, 0.25) is 0 Å². The summed E-state index contributed by atoms with van der Waals surface area (Å²) >= 11 is 1.45. The van der Waals surface area contributed by atoms with Crippen LogP contribution in [0.4, 0.5) is 0 Å². The molecule has 0 unspecified atom stereocenters. The first-order chi connectivity index (χ1) is 6.25. The highest BCUT2D eigenvalue weighted by Gasteiger charge is 2.02. The maximum atomic E-state index is 4.33. The van der Waals surface area contributed by atoms with Gasteiger partial charge in [0, 0.05) is 5.56 Å². The molecule has 2 rings (SSSR count). The van der Waals surface area contributed by atoms with Crippen LogP contribution >= 0.6 is 11.5 Å². The van der Waals surface area contributed by atoms with Crippen LogP contribution in [0.5, 0.6) is 0 Å². The minimum atomic E-state index is 0.849. The van der Waals surface area contributed by atoms with Gasteiger partial charge in [-0.3, -0.25) is 0 Å². The van der Waals surface area contributed by atoms with Crippen LogP contribution in [0.25, 0.3) is 10.6 Å². The fraction of sp³-hybridized carbons (Fsp3) is 0.200. The van der Waals surface area contributed by atoms with Gasteiger partial charge in [0.2, 0.25) is 0 Å². The van der Waals surface area contributed by atoms with Gasteiger partial charge in [0.05, 0.1) is 0 Å². The zero-order chi connectivity index (χ0) is 9.26. The van der Waals surface area contributed by atoms with Crippen molar-refractivity contribution >= 4 is 11.5 Å². The minimum Gasteiger partial charge on any atom is -0.220 e. The number of benzene rings is 1. The van der Waals surface area contributed by atoms with E-state index < -0.39 is 0 Å². The van der Waals surface area contributed by atoms with Gasteiger partial charge < -0.3 is 0 Å². The fourth-order valence-electron chi connectivity index (χ4n) is 1.19. The van der Waals surface area contributed by atoms with Gasteiger partial charge in [0.1, 0.15) is 10.8 Å². The van der Waals surface area contributed by atoms with Crippen molar-refractivity contribution in [1.82, 2.24) is 9.36 Å². The predicted molar refractivity (Wildman–Crippen MR) is 54.8 cm³/mol. The number of hydrogen-bond donors (Lipinski definition) is 0. The molecular formula is C10H10N2S. The zero-order valence-electron chi connectivity index (χ0n) is 7.61. The number of nitrogens with zero attached hydrogens (tertiary/aromatic N) is 2. The first kappa shape index (κ1) is 8.38. The van der Waals surface area contributed by atoms with E-state index in [4.69, 9.17) is 0 Å². The number of rotatable bonds is 1. The summed E-state index contributed by atoms with van der Waals surface area (Å²) in [7, 11) is 0. The normalized spacial score (nSPS) is 10.3. The Hall–Kier alpha value is -1.22. The van der Waals surface area contributed by atoms with Crippen LogP contribution < -0.4 is 0 Å². The molecule has 13 heavy (non-hydrogen) atoms. The third-order valence-electron chi connectivity index (χ3n) is 1.79. The lowest BCUT2D eigenvalue weighted by molar-refractivity contribution is 1.17. The van der Waals surface area contributed by atoms with E-state index in [1.807, 2.05) is 13.0 Å². The molecule has 0 amide bonds. The standard InChI is InChI=1S/C10H10N2S/c1-7-4-3-5-9(6-7)10-11-8(2)12-13-10/h3-6H,1-2H3. The molecule has 0 N–H and O–H groups in total. The Morgan fingerprint density at radius 1 is 1.23 bits per heavy atom. The van der Waals surface area contributed by atoms with Gasteiger partial charge in [0.25, 0.3) is 0 Å². The first-order valence-corrected chi connectivity index (χ1v) is 4.90. The van der Waals surface area contributed by atoms with Crippen molar-refractivity contribution in [2.75, 3.05) is 0 Å². The molecule has 1 heterocycles. The summed E-state index contributed by atoms with van der Waals surface area (Å²) in [6.45, 7) is 3.99. The molecule has 0 fully saturated rings. The summed E-state index contributed by atoms with van der Waals surface area (Å²) in [6.07, 6.45) is 0. The number of hydrogen-bond acceptors (Lipinski definition) is 3. The van der Waals surface area contributed by atoms with Crippen LogP contribution in [0.1, 0.15) is 11.4 Å². The molecule has 3 heteroatoms. The largest absolute Gasteiger partial charge is 0.220 e. The quantitative estimate of drug-likeness (QED) is 0.691. The molecule has 0 saturated carbocycles. The highest BCUT2D eigenvalue weighted by atomic mass is 32.1. The lowest BCUT2D eigenvalue weighted by atomic mass is 10.1. The Balaban J connectivity index is 2.46. The summed E-state index contributed by atoms with van der Waals surface area (Å²) in [6, 6.07) is 8.31. The van der Waals surface area contributed by atoms with E-state index >= 15 is 0 Å². The maximum absolute atomic E-state index is 4.33. The first-order valence-electron chi connectivity index (χ1n) is 4.13. The van der Waals surface area contributed by atoms with Gasteiger partial charge in [-0.1, -0.05) is 23.8 Å². The van der Waals surface area contributed by atoms with E-state index in [-0.39, 0.29) is 0 Å². The third kappa shape index (κ3) is 1.75. The molecule has 0 aliphatic carbocycles. The Bertz CT molecular complexity index is 420. The number of aromatic nitrogens is 2. The second kappa shape index (κ2) is 3.26. The van der Waals surface area contributed by atoms with E-state index in [1.54, 1.807) is 0 Å². The average Bonchev–Trinajstić information content (AvgIpc) is 2.52. The Labute approximate surface area is 81.4 Å². The van der Waals surface area contributed by atoms with Gasteiger partial charge >= 0.3 is 0 Å². The second-order valence-corrected chi connectivity index (χ2v) is 3.77. The van der Waals surface area contributed by atoms with Crippen molar-refractivity contribution in [3.8, 4) is 10.6 Å². The van der Waals surface area contributed by atoms with Crippen LogP contribution in [0, 0.1) is 13.8 Å². The average molecular weight is 190 g/mol. The highest BCUT2D eigenvalue weighted by Crippen LogP contribution is 2.21. The van der Waals surface area contributed by atoms with Crippen molar-refractivity contribution in [3.63, 3.8) is 0 Å². The van der Waals surface area contributed by atoms with Crippen LogP contribution in [0.15, 0.2) is 24.3 Å². The molecule has 1 aromatic carbocycles. The topological polar surface area (TPSA) is 25.8 Å². The second-order valence-electron chi connectivity index (χ2n) is 3.02. The van der Waals surface area contributed by atoms with Crippen LogP contribution in [-0.4, -0.2) is 9.36 Å². The van der Waals surface area contributed by atoms with E-state index in [2.05, 4.69) is 34.5 Å². The summed E-state index contributed by atoms with van der Waals surface area (Å²) in [5.41, 5.74) is 2.41. The van der Waals surface area contributed by atoms with Crippen LogP contribution in [-0.2, 0) is 0 Å². The molecule has 0 aliphatic rings. The molecule has 66 valence electrons. The Kier molecular flexibility index (Phi) is 2.10. The molecule has 2 nitrogen and oxygen atoms in total. The van der Waals surface area contributed by atoms with Gasteiger partial charge in [-0.05, 0) is 31.4 Å². The van der Waals surface area contributed by atoms with Crippen molar-refractivity contribution in [2.45, 2.75) is 13.8 Å². The molecular weight excluding hydrogens is 180 g/mol. The smallest absolute Gasteiger partial charge is 0.144 e. The Morgan fingerprint density at radius 3 is 2.69 bits per heavy atom. The van der Waals surface area contributed by atoms with E-state index in [1.165, 1.54) is 17.1 Å². The van der Waals surface area contributed by atoms with E-state index in [0.717, 1.165) is 16.4 Å². The highest BCUT2D eigenvalue weighted by molar-refractivity contribution is 7.09. The molecule has 0 bridgehead atoms. The molecule has 0 spiro atoms.